The summed E-state index contributed by atoms with van der Waals surface area (Å²) in [7, 11) is 0. The summed E-state index contributed by atoms with van der Waals surface area (Å²) in [5, 5.41) is 9.19. The molecule has 2 aromatic carbocycles. The van der Waals surface area contributed by atoms with Crippen molar-refractivity contribution in [3.8, 4) is 17.6 Å². The van der Waals surface area contributed by atoms with E-state index in [4.69, 9.17) is 26.3 Å². The van der Waals surface area contributed by atoms with Crippen molar-refractivity contribution in [1.82, 2.24) is 4.90 Å². The predicted octanol–water partition coefficient (Wildman–Crippen LogP) is 4.21. The summed E-state index contributed by atoms with van der Waals surface area (Å²) in [6, 6.07) is 10.1. The lowest BCUT2D eigenvalue weighted by Gasteiger charge is -2.31. The van der Waals surface area contributed by atoms with E-state index in [-0.39, 0.29) is 34.5 Å². The highest BCUT2D eigenvalue weighted by atomic mass is 35.5. The highest BCUT2D eigenvalue weighted by molar-refractivity contribution is 6.32. The van der Waals surface area contributed by atoms with Gasteiger partial charge in [0.2, 0.25) is 0 Å². The smallest absolute Gasteiger partial charge is 0.316 e. The van der Waals surface area contributed by atoms with Crippen LogP contribution in [0.3, 0.4) is 0 Å². The quantitative estimate of drug-likeness (QED) is 0.524. The standard InChI is InChI=1S/C22H20ClFN2O4/c1-2-29-19-11-14(12-25)10-18(23)20(19)30-22(28)16-4-3-9-26(13-16)21(27)15-5-7-17(24)8-6-15/h5-8,10-11,16H,2-4,9,13H2,1H3. The Kier molecular flexibility index (Phi) is 6.91. The first-order chi connectivity index (χ1) is 14.4. The van der Waals surface area contributed by atoms with Gasteiger partial charge in [-0.3, -0.25) is 9.59 Å². The van der Waals surface area contributed by atoms with E-state index in [9.17, 15) is 14.0 Å². The molecule has 0 aliphatic carbocycles. The summed E-state index contributed by atoms with van der Waals surface area (Å²) in [5.74, 6) is -1.48. The van der Waals surface area contributed by atoms with Gasteiger partial charge in [0.05, 0.1) is 29.2 Å². The number of halogens is 2. The second-order valence-corrected chi connectivity index (χ2v) is 7.26. The monoisotopic (exact) mass is 430 g/mol. The van der Waals surface area contributed by atoms with Gasteiger partial charge < -0.3 is 14.4 Å². The molecule has 1 heterocycles. The fourth-order valence-corrected chi connectivity index (χ4v) is 3.56. The van der Waals surface area contributed by atoms with Gasteiger partial charge in [0.25, 0.3) is 5.91 Å². The molecule has 1 aliphatic rings. The van der Waals surface area contributed by atoms with Gasteiger partial charge in [0, 0.05) is 24.7 Å². The van der Waals surface area contributed by atoms with Crippen molar-refractivity contribution >= 4 is 23.5 Å². The third kappa shape index (κ3) is 4.89. The van der Waals surface area contributed by atoms with Crippen molar-refractivity contribution in [3.63, 3.8) is 0 Å². The maximum Gasteiger partial charge on any atom is 0.316 e. The molecule has 0 aromatic heterocycles. The Balaban J connectivity index is 1.74. The van der Waals surface area contributed by atoms with Crippen LogP contribution in [0.2, 0.25) is 5.02 Å². The number of ether oxygens (including phenoxy) is 2. The van der Waals surface area contributed by atoms with E-state index in [1.54, 1.807) is 11.8 Å². The summed E-state index contributed by atoms with van der Waals surface area (Å²) in [5.41, 5.74) is 0.649. The van der Waals surface area contributed by atoms with Crippen molar-refractivity contribution in [3.05, 3.63) is 58.4 Å². The minimum Gasteiger partial charge on any atom is -0.490 e. The predicted molar refractivity (Wildman–Crippen MR) is 108 cm³/mol. The zero-order valence-electron chi connectivity index (χ0n) is 16.4. The van der Waals surface area contributed by atoms with E-state index in [2.05, 4.69) is 0 Å². The first kappa shape index (κ1) is 21.6. The second kappa shape index (κ2) is 9.59. The zero-order chi connectivity index (χ0) is 21.7. The van der Waals surface area contributed by atoms with Crippen LogP contribution in [0.5, 0.6) is 11.5 Å². The van der Waals surface area contributed by atoms with Gasteiger partial charge in [0.15, 0.2) is 11.5 Å². The summed E-state index contributed by atoms with van der Waals surface area (Å²) >= 11 is 6.20. The number of piperidine rings is 1. The van der Waals surface area contributed by atoms with Gasteiger partial charge in [-0.1, -0.05) is 11.6 Å². The molecule has 0 N–H and O–H groups in total. The van der Waals surface area contributed by atoms with Crippen LogP contribution >= 0.6 is 11.6 Å². The molecule has 0 spiro atoms. The topological polar surface area (TPSA) is 79.6 Å². The highest BCUT2D eigenvalue weighted by Gasteiger charge is 2.31. The molecule has 156 valence electrons. The number of likely N-dealkylation sites (tertiary alicyclic amines) is 1. The van der Waals surface area contributed by atoms with E-state index in [1.165, 1.54) is 36.4 Å². The third-order valence-corrected chi connectivity index (χ3v) is 5.05. The Morgan fingerprint density at radius 3 is 2.70 bits per heavy atom. The fourth-order valence-electron chi connectivity index (χ4n) is 3.31. The average molecular weight is 431 g/mol. The first-order valence-electron chi connectivity index (χ1n) is 9.56. The molecule has 8 heteroatoms. The lowest BCUT2D eigenvalue weighted by Crippen LogP contribution is -2.43. The second-order valence-electron chi connectivity index (χ2n) is 6.85. The Hall–Kier alpha value is -3.11. The van der Waals surface area contributed by atoms with E-state index in [1.807, 2.05) is 6.07 Å². The van der Waals surface area contributed by atoms with Crippen LogP contribution in [0.25, 0.3) is 0 Å². The van der Waals surface area contributed by atoms with Gasteiger partial charge in [-0.05, 0) is 50.1 Å². The normalized spacial score (nSPS) is 15.9. The number of esters is 1. The number of benzene rings is 2. The molecule has 1 amide bonds. The fraction of sp³-hybridized carbons (Fsp3) is 0.318. The van der Waals surface area contributed by atoms with Crippen molar-refractivity contribution in [2.45, 2.75) is 19.8 Å². The van der Waals surface area contributed by atoms with Crippen LogP contribution in [-0.2, 0) is 4.79 Å². The highest BCUT2D eigenvalue weighted by Crippen LogP contribution is 2.37. The van der Waals surface area contributed by atoms with Crippen molar-refractivity contribution in [2.75, 3.05) is 19.7 Å². The molecular weight excluding hydrogens is 411 g/mol. The van der Waals surface area contributed by atoms with Crippen molar-refractivity contribution < 1.29 is 23.5 Å². The van der Waals surface area contributed by atoms with E-state index >= 15 is 0 Å². The minimum absolute atomic E-state index is 0.0597. The third-order valence-electron chi connectivity index (χ3n) is 4.77. The molecule has 3 rings (SSSR count). The van der Waals surface area contributed by atoms with Crippen LogP contribution < -0.4 is 9.47 Å². The van der Waals surface area contributed by atoms with E-state index < -0.39 is 17.7 Å². The molecule has 0 bridgehead atoms. The molecule has 1 fully saturated rings. The molecule has 1 saturated heterocycles. The van der Waals surface area contributed by atoms with Gasteiger partial charge in [-0.2, -0.15) is 5.26 Å². The van der Waals surface area contributed by atoms with Gasteiger partial charge in [-0.15, -0.1) is 0 Å². The molecule has 1 atom stereocenters. The number of rotatable bonds is 5. The number of nitrogens with zero attached hydrogens (tertiary/aromatic N) is 2. The van der Waals surface area contributed by atoms with Crippen LogP contribution in [0.1, 0.15) is 35.7 Å². The number of amides is 1. The Morgan fingerprint density at radius 2 is 2.03 bits per heavy atom. The Labute approximate surface area is 178 Å². The van der Waals surface area contributed by atoms with Crippen LogP contribution in [-0.4, -0.2) is 36.5 Å². The minimum atomic E-state index is -0.538. The molecule has 2 aromatic rings. The average Bonchev–Trinajstić information content (AvgIpc) is 2.76. The van der Waals surface area contributed by atoms with E-state index in [0.717, 1.165) is 0 Å². The van der Waals surface area contributed by atoms with E-state index in [0.29, 0.717) is 31.6 Å². The summed E-state index contributed by atoms with van der Waals surface area (Å²) in [4.78, 5) is 27.0. The van der Waals surface area contributed by atoms with Crippen molar-refractivity contribution in [2.24, 2.45) is 5.92 Å². The van der Waals surface area contributed by atoms with Gasteiger partial charge >= 0.3 is 5.97 Å². The lowest BCUT2D eigenvalue weighted by molar-refractivity contribution is -0.140. The summed E-state index contributed by atoms with van der Waals surface area (Å²) in [6.45, 7) is 2.76. The van der Waals surface area contributed by atoms with Crippen LogP contribution in [0, 0.1) is 23.1 Å². The Bertz CT molecular complexity index is 988. The van der Waals surface area contributed by atoms with Crippen molar-refractivity contribution in [1.29, 1.82) is 5.26 Å². The summed E-state index contributed by atoms with van der Waals surface area (Å²) < 4.78 is 24.1. The summed E-state index contributed by atoms with van der Waals surface area (Å²) in [6.07, 6.45) is 1.19. The first-order valence-corrected chi connectivity index (χ1v) is 9.93. The molecule has 6 nitrogen and oxygen atoms in total. The Morgan fingerprint density at radius 1 is 1.30 bits per heavy atom. The lowest BCUT2D eigenvalue weighted by atomic mass is 9.97. The SMILES string of the molecule is CCOc1cc(C#N)cc(Cl)c1OC(=O)C1CCCN(C(=O)c2ccc(F)cc2)C1. The number of hydrogen-bond acceptors (Lipinski definition) is 5. The molecule has 0 saturated carbocycles. The maximum atomic E-state index is 13.1. The molecule has 30 heavy (non-hydrogen) atoms. The zero-order valence-corrected chi connectivity index (χ0v) is 17.1. The van der Waals surface area contributed by atoms with Crippen LogP contribution in [0.4, 0.5) is 4.39 Å². The molecule has 0 radical (unpaired) electrons. The molecular formula is C22H20ClFN2O4. The molecule has 1 aliphatic heterocycles. The number of hydrogen-bond donors (Lipinski definition) is 0. The molecule has 1 unspecified atom stereocenters. The number of carbonyl (C=O) groups excluding carboxylic acids is 2. The van der Waals surface area contributed by atoms with Gasteiger partial charge in [0.1, 0.15) is 5.82 Å². The van der Waals surface area contributed by atoms with Gasteiger partial charge in [-0.25, -0.2) is 4.39 Å². The maximum absolute atomic E-state index is 13.1. The number of nitriles is 1. The van der Waals surface area contributed by atoms with Crippen LogP contribution in [0.15, 0.2) is 36.4 Å². The largest absolute Gasteiger partial charge is 0.490 e. The number of carbonyl (C=O) groups is 2.